The Morgan fingerprint density at radius 3 is 2.43 bits per heavy atom. The maximum atomic E-state index is 13.7. The second kappa shape index (κ2) is 11.2. The molecule has 0 radical (unpaired) electrons. The maximum absolute atomic E-state index is 13.7. The minimum atomic E-state index is -4.66. The predicted molar refractivity (Wildman–Crippen MR) is 136 cm³/mol. The number of amides is 1. The van der Waals surface area contributed by atoms with E-state index in [1.165, 1.54) is 17.7 Å². The number of aromatic nitrogens is 1. The average molecular weight is 513 g/mol. The summed E-state index contributed by atoms with van der Waals surface area (Å²) in [4.78, 5) is 24.5. The largest absolute Gasteiger partial charge is 0.481 e. The van der Waals surface area contributed by atoms with E-state index in [9.17, 15) is 27.9 Å². The van der Waals surface area contributed by atoms with E-state index in [-0.39, 0.29) is 11.6 Å². The summed E-state index contributed by atoms with van der Waals surface area (Å²) in [6.45, 7) is 2.64. The standard InChI is InChI=1S/C29H31F3N2O3/c1-2-3-16-34-21(11-7-10-19-8-5-4-6-9-19)13-15-26(34)27(35)33-25-17-20(22-18-23(22)28(36)37)12-14-24(25)29(30,31)32/h4-6,8-9,12-15,17,22-23H,2-3,7,10-11,16,18H2,1H3,(H,33,35)(H,36,37). The molecule has 1 saturated carbocycles. The van der Waals surface area contributed by atoms with Gasteiger partial charge in [-0.15, -0.1) is 0 Å². The summed E-state index contributed by atoms with van der Waals surface area (Å²) in [5, 5.41) is 11.7. The van der Waals surface area contributed by atoms with E-state index in [4.69, 9.17) is 0 Å². The van der Waals surface area contributed by atoms with Crippen LogP contribution >= 0.6 is 0 Å². The molecular formula is C29H31F3N2O3. The van der Waals surface area contributed by atoms with Gasteiger partial charge in [-0.3, -0.25) is 9.59 Å². The molecule has 2 atom stereocenters. The molecule has 1 heterocycles. The van der Waals surface area contributed by atoms with Gasteiger partial charge in [0, 0.05) is 12.2 Å². The van der Waals surface area contributed by atoms with E-state index < -0.39 is 29.5 Å². The van der Waals surface area contributed by atoms with Crippen molar-refractivity contribution < 1.29 is 27.9 Å². The smallest absolute Gasteiger partial charge is 0.418 e. The van der Waals surface area contributed by atoms with Crippen LogP contribution in [0.1, 0.15) is 71.4 Å². The van der Waals surface area contributed by atoms with Gasteiger partial charge in [-0.2, -0.15) is 13.2 Å². The molecule has 196 valence electrons. The number of carboxylic acid groups (broad SMARTS) is 1. The third kappa shape index (κ3) is 6.42. The molecule has 1 aromatic heterocycles. The lowest BCUT2D eigenvalue weighted by atomic mass is 10.0. The number of alkyl halides is 3. The molecule has 2 aromatic carbocycles. The number of nitrogens with zero attached hydrogens (tertiary/aromatic N) is 1. The number of nitrogens with one attached hydrogen (secondary N) is 1. The van der Waals surface area contributed by atoms with Crippen LogP contribution in [0.15, 0.2) is 60.7 Å². The Morgan fingerprint density at radius 1 is 1.03 bits per heavy atom. The number of aryl methyl sites for hydroxylation is 2. The highest BCUT2D eigenvalue weighted by Crippen LogP contribution is 2.49. The Balaban J connectivity index is 1.55. The van der Waals surface area contributed by atoms with Gasteiger partial charge in [0.05, 0.1) is 17.2 Å². The lowest BCUT2D eigenvalue weighted by molar-refractivity contribution is -0.139. The third-order valence-electron chi connectivity index (χ3n) is 6.91. The maximum Gasteiger partial charge on any atom is 0.418 e. The monoisotopic (exact) mass is 512 g/mol. The summed E-state index contributed by atoms with van der Waals surface area (Å²) >= 11 is 0. The molecule has 1 amide bonds. The number of carboxylic acids is 1. The Kier molecular flexibility index (Phi) is 8.05. The van der Waals surface area contributed by atoms with Gasteiger partial charge in [0.1, 0.15) is 5.69 Å². The molecule has 5 nitrogen and oxygen atoms in total. The minimum absolute atomic E-state index is 0.316. The van der Waals surface area contributed by atoms with Crippen molar-refractivity contribution in [1.29, 1.82) is 0 Å². The second-order valence-corrected chi connectivity index (χ2v) is 9.60. The van der Waals surface area contributed by atoms with Gasteiger partial charge in [0.15, 0.2) is 0 Å². The van der Waals surface area contributed by atoms with E-state index in [2.05, 4.69) is 17.4 Å². The zero-order valence-corrected chi connectivity index (χ0v) is 20.7. The molecule has 1 fully saturated rings. The molecule has 0 spiro atoms. The number of carbonyl (C=O) groups is 2. The SMILES string of the molecule is CCCCn1c(CCCc2ccccc2)ccc1C(=O)Nc1cc(C2CC2C(=O)O)ccc1C(F)(F)F. The lowest BCUT2D eigenvalue weighted by Crippen LogP contribution is -2.21. The van der Waals surface area contributed by atoms with Crippen molar-refractivity contribution in [1.82, 2.24) is 4.57 Å². The van der Waals surface area contributed by atoms with Crippen molar-refractivity contribution in [3.8, 4) is 0 Å². The fraction of sp³-hybridized carbons (Fsp3) is 0.379. The summed E-state index contributed by atoms with van der Waals surface area (Å²) in [6, 6.07) is 17.2. The van der Waals surface area contributed by atoms with Crippen LogP contribution in [0, 0.1) is 5.92 Å². The molecule has 1 aliphatic carbocycles. The first-order valence-electron chi connectivity index (χ1n) is 12.7. The number of anilines is 1. The Labute approximate surface area is 214 Å². The van der Waals surface area contributed by atoms with Gasteiger partial charge in [-0.05, 0) is 73.4 Å². The van der Waals surface area contributed by atoms with Gasteiger partial charge in [-0.25, -0.2) is 0 Å². The van der Waals surface area contributed by atoms with Gasteiger partial charge in [-0.1, -0.05) is 49.7 Å². The van der Waals surface area contributed by atoms with Gasteiger partial charge < -0.3 is 15.0 Å². The van der Waals surface area contributed by atoms with Crippen molar-refractivity contribution in [2.45, 2.75) is 64.1 Å². The fourth-order valence-electron chi connectivity index (χ4n) is 4.79. The molecule has 4 rings (SSSR count). The number of benzene rings is 2. The molecule has 0 bridgehead atoms. The van der Waals surface area contributed by atoms with Crippen LogP contribution in [0.3, 0.4) is 0 Å². The highest BCUT2D eigenvalue weighted by atomic mass is 19.4. The Hall–Kier alpha value is -3.55. The molecule has 0 saturated heterocycles. The van der Waals surface area contributed by atoms with E-state index in [0.717, 1.165) is 43.9 Å². The van der Waals surface area contributed by atoms with Gasteiger partial charge >= 0.3 is 12.1 Å². The van der Waals surface area contributed by atoms with E-state index >= 15 is 0 Å². The Bertz CT molecular complexity index is 1250. The summed E-state index contributed by atoms with van der Waals surface area (Å²) < 4.78 is 43.1. The minimum Gasteiger partial charge on any atom is -0.481 e. The first-order valence-corrected chi connectivity index (χ1v) is 12.7. The van der Waals surface area contributed by atoms with Crippen LogP contribution < -0.4 is 5.32 Å². The molecule has 37 heavy (non-hydrogen) atoms. The number of aliphatic carboxylic acids is 1. The normalized spacial score (nSPS) is 17.0. The molecule has 8 heteroatoms. The van der Waals surface area contributed by atoms with Gasteiger partial charge in [0.25, 0.3) is 5.91 Å². The second-order valence-electron chi connectivity index (χ2n) is 9.60. The van der Waals surface area contributed by atoms with Gasteiger partial charge in [0.2, 0.25) is 0 Å². The first kappa shape index (κ1) is 26.5. The number of hydrogen-bond acceptors (Lipinski definition) is 2. The molecule has 0 aliphatic heterocycles. The van der Waals surface area contributed by atoms with Crippen molar-refractivity contribution in [2.24, 2.45) is 5.92 Å². The number of unbranched alkanes of at least 4 members (excludes halogenated alkanes) is 1. The van der Waals surface area contributed by atoms with Crippen LogP contribution in [0.5, 0.6) is 0 Å². The number of rotatable bonds is 11. The molecule has 3 aromatic rings. The fourth-order valence-corrected chi connectivity index (χ4v) is 4.79. The van der Waals surface area contributed by atoms with Crippen LogP contribution in [0.25, 0.3) is 0 Å². The highest BCUT2D eigenvalue weighted by molar-refractivity contribution is 6.04. The van der Waals surface area contributed by atoms with Crippen LogP contribution in [0.4, 0.5) is 18.9 Å². The van der Waals surface area contributed by atoms with Crippen molar-refractivity contribution in [3.63, 3.8) is 0 Å². The zero-order valence-electron chi connectivity index (χ0n) is 20.7. The van der Waals surface area contributed by atoms with Crippen LogP contribution in [-0.2, 0) is 30.4 Å². The average Bonchev–Trinajstić information content (AvgIpc) is 3.57. The molecule has 2 unspecified atom stereocenters. The summed E-state index contributed by atoms with van der Waals surface area (Å²) in [5.41, 5.74) is 1.70. The summed E-state index contributed by atoms with van der Waals surface area (Å²) in [6.07, 6.45) is -0.0239. The van der Waals surface area contributed by atoms with Crippen molar-refractivity contribution in [3.05, 3.63) is 88.7 Å². The van der Waals surface area contributed by atoms with E-state index in [1.54, 1.807) is 6.07 Å². The number of halogens is 3. The topological polar surface area (TPSA) is 71.3 Å². The first-order chi connectivity index (χ1) is 17.7. The van der Waals surface area contributed by atoms with Crippen molar-refractivity contribution in [2.75, 3.05) is 5.32 Å². The molecule has 2 N–H and O–H groups in total. The van der Waals surface area contributed by atoms with Crippen molar-refractivity contribution >= 4 is 17.6 Å². The Morgan fingerprint density at radius 2 is 1.78 bits per heavy atom. The quantitative estimate of drug-likeness (QED) is 0.293. The molecular weight excluding hydrogens is 481 g/mol. The zero-order chi connectivity index (χ0) is 26.6. The lowest BCUT2D eigenvalue weighted by Gasteiger charge is -2.17. The van der Waals surface area contributed by atoms with E-state index in [1.807, 2.05) is 35.8 Å². The van der Waals surface area contributed by atoms with E-state index in [0.29, 0.717) is 24.2 Å². The summed E-state index contributed by atoms with van der Waals surface area (Å²) in [7, 11) is 0. The highest BCUT2D eigenvalue weighted by Gasteiger charge is 2.45. The third-order valence-corrected chi connectivity index (χ3v) is 6.91. The number of hydrogen-bond donors (Lipinski definition) is 2. The summed E-state index contributed by atoms with van der Waals surface area (Å²) in [5.74, 6) is -2.53. The van der Waals surface area contributed by atoms with Crippen LogP contribution in [-0.4, -0.2) is 21.6 Å². The number of carbonyl (C=O) groups excluding carboxylic acids is 1. The molecule has 1 aliphatic rings. The predicted octanol–water partition coefficient (Wildman–Crippen LogP) is 6.92. The van der Waals surface area contributed by atoms with Crippen LogP contribution in [0.2, 0.25) is 0 Å².